The fourth-order valence-corrected chi connectivity index (χ4v) is 4.68. The van der Waals surface area contributed by atoms with E-state index in [1.165, 1.54) is 25.7 Å². The first kappa shape index (κ1) is 18.2. The van der Waals surface area contributed by atoms with E-state index < -0.39 is 0 Å². The number of fused-ring (bicyclic) bond motifs is 1. The highest BCUT2D eigenvalue weighted by Crippen LogP contribution is 2.34. The molecule has 0 bridgehead atoms. The van der Waals surface area contributed by atoms with E-state index in [1.807, 2.05) is 4.90 Å². The van der Waals surface area contributed by atoms with Crippen molar-refractivity contribution in [3.8, 4) is 0 Å². The van der Waals surface area contributed by atoms with Crippen molar-refractivity contribution in [2.75, 3.05) is 39.3 Å². The van der Waals surface area contributed by atoms with Gasteiger partial charge in [-0.2, -0.15) is 0 Å². The zero-order chi connectivity index (χ0) is 16.9. The standard InChI is InChI=1S/C19H35N3O2/c1-3-21(4-2)11-12-24-16-9-10-22(14-16)19(23)18-13-15-7-5-6-8-17(15)20-18/h15-18,20H,3-14H2,1-2H3. The van der Waals surface area contributed by atoms with Crippen molar-refractivity contribution >= 4 is 5.91 Å². The molecule has 1 amide bonds. The van der Waals surface area contributed by atoms with Crippen molar-refractivity contribution < 1.29 is 9.53 Å². The first-order chi connectivity index (χ1) is 11.7. The first-order valence-electron chi connectivity index (χ1n) is 10.1. The van der Waals surface area contributed by atoms with Crippen molar-refractivity contribution in [3.05, 3.63) is 0 Å². The van der Waals surface area contributed by atoms with E-state index in [0.29, 0.717) is 11.9 Å². The van der Waals surface area contributed by atoms with E-state index in [4.69, 9.17) is 4.74 Å². The van der Waals surface area contributed by atoms with Crippen LogP contribution in [0.4, 0.5) is 0 Å². The molecular formula is C19H35N3O2. The number of likely N-dealkylation sites (N-methyl/N-ethyl adjacent to an activating group) is 1. The predicted molar refractivity (Wildman–Crippen MR) is 96.0 cm³/mol. The molecule has 3 rings (SSSR count). The molecule has 0 aromatic rings. The van der Waals surface area contributed by atoms with Crippen molar-refractivity contribution in [2.45, 2.75) is 70.6 Å². The maximum Gasteiger partial charge on any atom is 0.239 e. The number of nitrogens with zero attached hydrogens (tertiary/aromatic N) is 2. The maximum atomic E-state index is 12.8. The fraction of sp³-hybridized carbons (Fsp3) is 0.947. The average molecular weight is 338 g/mol. The summed E-state index contributed by atoms with van der Waals surface area (Å²) in [6.45, 7) is 9.94. The average Bonchev–Trinajstić information content (AvgIpc) is 3.25. The first-order valence-corrected chi connectivity index (χ1v) is 10.1. The van der Waals surface area contributed by atoms with Crippen LogP contribution in [0.25, 0.3) is 0 Å². The number of ether oxygens (including phenoxy) is 1. The van der Waals surface area contributed by atoms with Crippen LogP contribution in [0.5, 0.6) is 0 Å². The Hall–Kier alpha value is -0.650. The Morgan fingerprint density at radius 3 is 2.75 bits per heavy atom. The largest absolute Gasteiger partial charge is 0.375 e. The van der Waals surface area contributed by atoms with E-state index >= 15 is 0 Å². The van der Waals surface area contributed by atoms with Crippen LogP contribution in [0.1, 0.15) is 52.4 Å². The van der Waals surface area contributed by atoms with Gasteiger partial charge in [-0.3, -0.25) is 4.79 Å². The molecule has 2 saturated heterocycles. The molecule has 2 aliphatic heterocycles. The SMILES string of the molecule is CCN(CC)CCOC1CCN(C(=O)C2CC3CCCCC3N2)C1. The third-order valence-electron chi connectivity index (χ3n) is 6.27. The molecule has 0 aromatic heterocycles. The van der Waals surface area contributed by atoms with Crippen molar-refractivity contribution in [2.24, 2.45) is 5.92 Å². The summed E-state index contributed by atoms with van der Waals surface area (Å²) in [7, 11) is 0. The molecule has 5 heteroatoms. The minimum atomic E-state index is 0.0625. The number of nitrogens with one attached hydrogen (secondary N) is 1. The highest BCUT2D eigenvalue weighted by molar-refractivity contribution is 5.82. The van der Waals surface area contributed by atoms with Gasteiger partial charge in [-0.1, -0.05) is 26.7 Å². The van der Waals surface area contributed by atoms with Crippen LogP contribution in [0, 0.1) is 5.92 Å². The Bertz CT molecular complexity index is 399. The molecule has 0 radical (unpaired) electrons. The van der Waals surface area contributed by atoms with Crippen LogP contribution >= 0.6 is 0 Å². The smallest absolute Gasteiger partial charge is 0.239 e. The highest BCUT2D eigenvalue weighted by Gasteiger charge is 2.41. The zero-order valence-electron chi connectivity index (χ0n) is 15.5. The lowest BCUT2D eigenvalue weighted by atomic mass is 9.85. The number of carbonyl (C=O) groups is 1. The van der Waals surface area contributed by atoms with Gasteiger partial charge >= 0.3 is 0 Å². The molecule has 4 unspecified atom stereocenters. The molecule has 1 N–H and O–H groups in total. The van der Waals surface area contributed by atoms with Crippen LogP contribution in [-0.2, 0) is 9.53 Å². The van der Waals surface area contributed by atoms with Crippen LogP contribution in [-0.4, -0.2) is 73.2 Å². The maximum absolute atomic E-state index is 12.8. The van der Waals surface area contributed by atoms with Crippen LogP contribution < -0.4 is 5.32 Å². The summed E-state index contributed by atoms with van der Waals surface area (Å²) in [4.78, 5) is 17.2. The lowest BCUT2D eigenvalue weighted by Crippen LogP contribution is -2.45. The zero-order valence-corrected chi connectivity index (χ0v) is 15.5. The Kier molecular flexibility index (Phi) is 6.53. The molecule has 1 saturated carbocycles. The quantitative estimate of drug-likeness (QED) is 0.770. The van der Waals surface area contributed by atoms with E-state index in [0.717, 1.165) is 58.1 Å². The van der Waals surface area contributed by atoms with Crippen molar-refractivity contribution in [1.29, 1.82) is 0 Å². The minimum absolute atomic E-state index is 0.0625. The Morgan fingerprint density at radius 2 is 2.00 bits per heavy atom. The lowest BCUT2D eigenvalue weighted by molar-refractivity contribution is -0.132. The van der Waals surface area contributed by atoms with Gasteiger partial charge in [-0.25, -0.2) is 0 Å². The molecule has 1 aliphatic carbocycles. The summed E-state index contributed by atoms with van der Waals surface area (Å²) in [6, 6.07) is 0.656. The Balaban J connectivity index is 1.40. The second-order valence-corrected chi connectivity index (χ2v) is 7.70. The van der Waals surface area contributed by atoms with Crippen LogP contribution in [0.2, 0.25) is 0 Å². The van der Waals surface area contributed by atoms with Gasteiger partial charge in [-0.05, 0) is 44.7 Å². The monoisotopic (exact) mass is 337 g/mol. The number of hydrogen-bond donors (Lipinski definition) is 1. The number of likely N-dealkylation sites (tertiary alicyclic amines) is 1. The van der Waals surface area contributed by atoms with Gasteiger partial charge < -0.3 is 19.9 Å². The van der Waals surface area contributed by atoms with Crippen molar-refractivity contribution in [3.63, 3.8) is 0 Å². The third-order valence-corrected chi connectivity index (χ3v) is 6.27. The highest BCUT2D eigenvalue weighted by atomic mass is 16.5. The molecule has 2 heterocycles. The second kappa shape index (κ2) is 8.63. The minimum Gasteiger partial charge on any atom is -0.375 e. The number of carbonyl (C=O) groups excluding carboxylic acids is 1. The molecular weight excluding hydrogens is 302 g/mol. The number of hydrogen-bond acceptors (Lipinski definition) is 4. The van der Waals surface area contributed by atoms with Crippen molar-refractivity contribution in [1.82, 2.24) is 15.1 Å². The van der Waals surface area contributed by atoms with Gasteiger partial charge in [0.1, 0.15) is 0 Å². The molecule has 24 heavy (non-hydrogen) atoms. The summed E-state index contributed by atoms with van der Waals surface area (Å²) < 4.78 is 6.02. The molecule has 5 nitrogen and oxygen atoms in total. The predicted octanol–water partition coefficient (Wildman–Crippen LogP) is 1.87. The normalized spacial score (nSPS) is 33.2. The molecule has 0 aromatic carbocycles. The van der Waals surface area contributed by atoms with Crippen LogP contribution in [0.3, 0.4) is 0 Å². The summed E-state index contributed by atoms with van der Waals surface area (Å²) in [5.41, 5.74) is 0. The van der Waals surface area contributed by atoms with Gasteiger partial charge in [0.15, 0.2) is 0 Å². The van der Waals surface area contributed by atoms with Gasteiger partial charge in [0.25, 0.3) is 0 Å². The van der Waals surface area contributed by atoms with E-state index in [9.17, 15) is 4.79 Å². The summed E-state index contributed by atoms with van der Waals surface area (Å²) in [5, 5.41) is 3.62. The van der Waals surface area contributed by atoms with E-state index in [1.54, 1.807) is 0 Å². The molecule has 3 aliphatic rings. The van der Waals surface area contributed by atoms with Gasteiger partial charge in [-0.15, -0.1) is 0 Å². The molecule has 138 valence electrons. The summed E-state index contributed by atoms with van der Waals surface area (Å²) in [5.74, 6) is 1.05. The van der Waals surface area contributed by atoms with Gasteiger partial charge in [0.05, 0.1) is 18.8 Å². The molecule has 4 atom stereocenters. The topological polar surface area (TPSA) is 44.8 Å². The van der Waals surface area contributed by atoms with Gasteiger partial charge in [0.2, 0.25) is 5.91 Å². The summed E-state index contributed by atoms with van der Waals surface area (Å²) >= 11 is 0. The Morgan fingerprint density at radius 1 is 1.21 bits per heavy atom. The Labute approximate surface area is 147 Å². The molecule has 0 spiro atoms. The van der Waals surface area contributed by atoms with Crippen LogP contribution in [0.15, 0.2) is 0 Å². The number of amides is 1. The van der Waals surface area contributed by atoms with E-state index in [-0.39, 0.29) is 12.1 Å². The molecule has 3 fully saturated rings. The van der Waals surface area contributed by atoms with Gasteiger partial charge in [0, 0.05) is 25.7 Å². The second-order valence-electron chi connectivity index (χ2n) is 7.70. The fourth-order valence-electron chi connectivity index (χ4n) is 4.68. The van der Waals surface area contributed by atoms with E-state index in [2.05, 4.69) is 24.1 Å². The summed E-state index contributed by atoms with van der Waals surface area (Å²) in [6.07, 6.45) is 7.49. The third kappa shape index (κ3) is 4.30. The number of rotatable bonds is 7. The lowest BCUT2D eigenvalue weighted by Gasteiger charge is -2.24.